The van der Waals surface area contributed by atoms with E-state index in [1.54, 1.807) is 6.92 Å². The van der Waals surface area contributed by atoms with E-state index in [0.717, 1.165) is 12.8 Å². The van der Waals surface area contributed by atoms with Gasteiger partial charge in [0.05, 0.1) is 5.92 Å². The third-order valence-corrected chi connectivity index (χ3v) is 5.44. The fourth-order valence-corrected chi connectivity index (χ4v) is 4.12. The number of allylic oxidation sites excluding steroid dienone is 1. The van der Waals surface area contributed by atoms with Crippen molar-refractivity contribution < 1.29 is 14.6 Å². The van der Waals surface area contributed by atoms with Crippen LogP contribution in [0.1, 0.15) is 46.5 Å². The first kappa shape index (κ1) is 12.2. The molecule has 2 aliphatic carbocycles. The molecule has 1 N–H and O–H groups in total. The Balaban J connectivity index is 2.07. The number of fused-ring (bicyclic) bond motifs is 2. The summed E-state index contributed by atoms with van der Waals surface area (Å²) in [6.07, 6.45) is 5.95. The summed E-state index contributed by atoms with van der Waals surface area (Å²) in [7, 11) is 0. The predicted molar refractivity (Wildman–Crippen MR) is 67.8 cm³/mol. The van der Waals surface area contributed by atoms with Gasteiger partial charge in [0.2, 0.25) is 0 Å². The monoisotopic (exact) mass is 250 g/mol. The van der Waals surface area contributed by atoms with E-state index < -0.39 is 11.5 Å². The molecule has 5 atom stereocenters. The quantitative estimate of drug-likeness (QED) is 0.530. The van der Waals surface area contributed by atoms with Crippen LogP contribution in [-0.4, -0.2) is 22.8 Å². The largest absolute Gasteiger partial charge is 0.459 e. The molecule has 1 saturated heterocycles. The first-order chi connectivity index (χ1) is 8.37. The highest BCUT2D eigenvalue weighted by atomic mass is 16.6. The maximum atomic E-state index is 11.7. The van der Waals surface area contributed by atoms with Crippen molar-refractivity contribution in [1.82, 2.24) is 0 Å². The van der Waals surface area contributed by atoms with Crippen LogP contribution >= 0.6 is 0 Å². The Labute approximate surface area is 108 Å². The maximum absolute atomic E-state index is 11.7. The van der Waals surface area contributed by atoms with Gasteiger partial charge in [-0.05, 0) is 43.6 Å². The molecule has 0 bridgehead atoms. The summed E-state index contributed by atoms with van der Waals surface area (Å²) in [4.78, 5) is 11.7. The topological polar surface area (TPSA) is 46.5 Å². The van der Waals surface area contributed by atoms with E-state index in [-0.39, 0.29) is 17.5 Å². The van der Waals surface area contributed by atoms with Crippen LogP contribution < -0.4 is 0 Å². The van der Waals surface area contributed by atoms with E-state index in [2.05, 4.69) is 13.8 Å². The van der Waals surface area contributed by atoms with Crippen LogP contribution in [-0.2, 0) is 9.53 Å². The van der Waals surface area contributed by atoms with Gasteiger partial charge in [0, 0.05) is 0 Å². The molecular formula is C15H22O3. The number of hydrogen-bond acceptors (Lipinski definition) is 3. The maximum Gasteiger partial charge on any atom is 0.312 e. The van der Waals surface area contributed by atoms with Crippen LogP contribution in [0, 0.1) is 17.3 Å². The molecule has 0 radical (unpaired) electrons. The van der Waals surface area contributed by atoms with Gasteiger partial charge in [0.15, 0.2) is 0 Å². The predicted octanol–water partition coefficient (Wildman–Crippen LogP) is 2.44. The molecule has 100 valence electrons. The molecule has 18 heavy (non-hydrogen) atoms. The number of esters is 1. The Kier molecular flexibility index (Phi) is 2.44. The van der Waals surface area contributed by atoms with E-state index >= 15 is 0 Å². The van der Waals surface area contributed by atoms with Crippen LogP contribution in [0.5, 0.6) is 0 Å². The Morgan fingerprint density at radius 1 is 1.44 bits per heavy atom. The Bertz CT molecular complexity index is 427. The Hall–Kier alpha value is -0.830. The van der Waals surface area contributed by atoms with Gasteiger partial charge in [-0.25, -0.2) is 0 Å². The molecule has 0 aromatic rings. The minimum Gasteiger partial charge on any atom is -0.459 e. The highest BCUT2D eigenvalue weighted by Gasteiger charge is 2.58. The number of hydrogen-bond donors (Lipinski definition) is 1. The zero-order valence-corrected chi connectivity index (χ0v) is 11.4. The molecule has 0 spiro atoms. The van der Waals surface area contributed by atoms with Crippen LogP contribution in [0.3, 0.4) is 0 Å². The molecular weight excluding hydrogens is 228 g/mol. The fraction of sp³-hybridized carbons (Fsp3) is 0.800. The van der Waals surface area contributed by atoms with E-state index in [4.69, 9.17) is 4.74 Å². The smallest absolute Gasteiger partial charge is 0.312 e. The summed E-state index contributed by atoms with van der Waals surface area (Å²) in [5.41, 5.74) is 0.383. The summed E-state index contributed by atoms with van der Waals surface area (Å²) in [6.45, 7) is 6.26. The molecule has 0 aromatic heterocycles. The summed E-state index contributed by atoms with van der Waals surface area (Å²) in [5.74, 6) is -0.181. The lowest BCUT2D eigenvalue weighted by Gasteiger charge is -2.48. The molecule has 5 unspecified atom stereocenters. The van der Waals surface area contributed by atoms with Crippen LogP contribution in [0.2, 0.25) is 0 Å². The van der Waals surface area contributed by atoms with Crippen molar-refractivity contribution in [3.63, 3.8) is 0 Å². The highest BCUT2D eigenvalue weighted by Crippen LogP contribution is 2.55. The molecule has 3 nitrogen and oxygen atoms in total. The molecule has 0 aromatic carbocycles. The molecule has 0 amide bonds. The van der Waals surface area contributed by atoms with Crippen LogP contribution in [0.15, 0.2) is 11.6 Å². The summed E-state index contributed by atoms with van der Waals surface area (Å²) < 4.78 is 5.40. The zero-order valence-electron chi connectivity index (χ0n) is 11.4. The molecule has 1 heterocycles. The summed E-state index contributed by atoms with van der Waals surface area (Å²) in [6, 6.07) is 0. The molecule has 3 heteroatoms. The number of carbonyl (C=O) groups is 1. The third-order valence-electron chi connectivity index (χ3n) is 5.44. The van der Waals surface area contributed by atoms with Gasteiger partial charge < -0.3 is 9.84 Å². The fourth-order valence-electron chi connectivity index (χ4n) is 4.12. The highest BCUT2D eigenvalue weighted by molar-refractivity contribution is 5.77. The minimum atomic E-state index is -1.07. The Morgan fingerprint density at radius 2 is 2.17 bits per heavy atom. The average Bonchev–Trinajstić information content (AvgIpc) is 2.50. The van der Waals surface area contributed by atoms with Gasteiger partial charge in [0.25, 0.3) is 0 Å². The van der Waals surface area contributed by atoms with Crippen molar-refractivity contribution >= 4 is 5.97 Å². The molecule has 1 saturated carbocycles. The van der Waals surface area contributed by atoms with Crippen molar-refractivity contribution in [3.8, 4) is 0 Å². The van der Waals surface area contributed by atoms with E-state index in [0.29, 0.717) is 5.92 Å². The summed E-state index contributed by atoms with van der Waals surface area (Å²) >= 11 is 0. The van der Waals surface area contributed by atoms with Crippen LogP contribution in [0.4, 0.5) is 0 Å². The van der Waals surface area contributed by atoms with Crippen molar-refractivity contribution in [2.45, 2.75) is 58.2 Å². The third kappa shape index (κ3) is 1.43. The van der Waals surface area contributed by atoms with E-state index in [9.17, 15) is 9.90 Å². The van der Waals surface area contributed by atoms with Crippen molar-refractivity contribution in [1.29, 1.82) is 0 Å². The van der Waals surface area contributed by atoms with Crippen molar-refractivity contribution in [2.75, 3.05) is 0 Å². The second-order valence-corrected chi connectivity index (χ2v) is 6.69. The first-order valence-corrected chi connectivity index (χ1v) is 7.03. The summed E-state index contributed by atoms with van der Waals surface area (Å²) in [5, 5.41) is 10.8. The number of carbonyl (C=O) groups excluding carboxylic acids is 1. The van der Waals surface area contributed by atoms with Crippen molar-refractivity contribution in [3.05, 3.63) is 11.6 Å². The molecule has 1 aliphatic heterocycles. The molecule has 2 fully saturated rings. The Morgan fingerprint density at radius 3 is 2.89 bits per heavy atom. The van der Waals surface area contributed by atoms with Crippen molar-refractivity contribution in [2.24, 2.45) is 17.3 Å². The first-order valence-electron chi connectivity index (χ1n) is 7.03. The van der Waals surface area contributed by atoms with Gasteiger partial charge in [-0.3, -0.25) is 4.79 Å². The lowest BCUT2D eigenvalue weighted by atomic mass is 9.58. The zero-order chi connectivity index (χ0) is 13.1. The molecule has 3 rings (SSSR count). The van der Waals surface area contributed by atoms with Crippen LogP contribution in [0.25, 0.3) is 0 Å². The van der Waals surface area contributed by atoms with E-state index in [1.165, 1.54) is 18.4 Å². The number of ether oxygens (including phenoxy) is 1. The van der Waals surface area contributed by atoms with E-state index in [1.807, 2.05) is 6.08 Å². The molecule has 3 aliphatic rings. The second-order valence-electron chi connectivity index (χ2n) is 6.69. The van der Waals surface area contributed by atoms with Gasteiger partial charge in [-0.15, -0.1) is 0 Å². The van der Waals surface area contributed by atoms with Gasteiger partial charge >= 0.3 is 5.97 Å². The SMILES string of the molecule is CC1CCCC2(C)CC3OC(=O)C(C)C3(O)C=C12. The number of aliphatic hydroxyl groups is 1. The average molecular weight is 250 g/mol. The second kappa shape index (κ2) is 3.60. The standard InChI is InChI=1S/C15H22O3/c1-9-5-4-6-14(3)8-12-15(17,7-11(9)14)10(2)13(16)18-12/h7,9-10,12,17H,4-6,8H2,1-3H3. The lowest BCUT2D eigenvalue weighted by Crippen LogP contribution is -2.50. The number of rotatable bonds is 0. The van der Waals surface area contributed by atoms with Gasteiger partial charge in [-0.1, -0.05) is 25.8 Å². The van der Waals surface area contributed by atoms with Gasteiger partial charge in [0.1, 0.15) is 11.7 Å². The minimum absolute atomic E-state index is 0.110. The lowest BCUT2D eigenvalue weighted by molar-refractivity contribution is -0.145. The van der Waals surface area contributed by atoms with Gasteiger partial charge in [-0.2, -0.15) is 0 Å². The normalized spacial score (nSPS) is 51.2.